The van der Waals surface area contributed by atoms with Crippen LogP contribution in [0, 0.1) is 0 Å². The average Bonchev–Trinajstić information content (AvgIpc) is 1.94. The van der Waals surface area contributed by atoms with Crippen LogP contribution in [0.1, 0.15) is 5.56 Å². The number of nitrogens with two attached hydrogens (primary N) is 1. The van der Waals surface area contributed by atoms with Gasteiger partial charge in [0, 0.05) is 0 Å². The molecule has 0 saturated heterocycles. The van der Waals surface area contributed by atoms with E-state index in [1.54, 1.807) is 0 Å². The van der Waals surface area contributed by atoms with E-state index < -0.39 is 16.9 Å². The average molecular weight is 231 g/mol. The first-order chi connectivity index (χ1) is 5.82. The van der Waals surface area contributed by atoms with Gasteiger partial charge < -0.3 is 5.73 Å². The second kappa shape index (κ2) is 3.23. The molecule has 0 aliphatic rings. The number of anilines is 1. The zero-order valence-electron chi connectivity index (χ0n) is 5.99. The molecular formula is C6H3Cl2F3N2. The number of rotatable bonds is 0. The number of nitrogen functional groups attached to an aromatic ring is 1. The molecule has 0 aliphatic carbocycles. The maximum absolute atomic E-state index is 12.1. The van der Waals surface area contributed by atoms with E-state index in [4.69, 9.17) is 28.9 Å². The zero-order valence-corrected chi connectivity index (χ0v) is 7.50. The van der Waals surface area contributed by atoms with Crippen molar-refractivity contribution < 1.29 is 13.2 Å². The number of aromatic nitrogens is 1. The van der Waals surface area contributed by atoms with Crippen molar-refractivity contribution >= 4 is 29.0 Å². The molecule has 0 radical (unpaired) electrons. The highest BCUT2D eigenvalue weighted by molar-refractivity contribution is 6.34. The molecule has 1 heterocycles. The summed E-state index contributed by atoms with van der Waals surface area (Å²) in [5.74, 6) is -0.223. The van der Waals surface area contributed by atoms with E-state index in [9.17, 15) is 13.2 Å². The molecule has 2 nitrogen and oxygen atoms in total. The third-order valence-corrected chi connectivity index (χ3v) is 1.85. The molecule has 0 saturated carbocycles. The van der Waals surface area contributed by atoms with Crippen molar-refractivity contribution in [2.24, 2.45) is 0 Å². The molecule has 0 aromatic carbocycles. The first-order valence-corrected chi connectivity index (χ1v) is 3.76. The van der Waals surface area contributed by atoms with Gasteiger partial charge in [0.15, 0.2) is 0 Å². The second-order valence-corrected chi connectivity index (χ2v) is 2.96. The summed E-state index contributed by atoms with van der Waals surface area (Å²) in [6.07, 6.45) is -4.57. The molecular weight excluding hydrogens is 228 g/mol. The predicted molar refractivity (Wildman–Crippen MR) is 43.7 cm³/mol. The summed E-state index contributed by atoms with van der Waals surface area (Å²) in [4.78, 5) is 3.23. The van der Waals surface area contributed by atoms with Crippen molar-refractivity contribution in [3.63, 3.8) is 0 Å². The minimum atomic E-state index is -4.57. The van der Waals surface area contributed by atoms with Gasteiger partial charge in [-0.2, -0.15) is 13.2 Å². The van der Waals surface area contributed by atoms with Gasteiger partial charge in [-0.05, 0) is 6.07 Å². The van der Waals surface area contributed by atoms with Crippen LogP contribution in [0.15, 0.2) is 6.07 Å². The van der Waals surface area contributed by atoms with Gasteiger partial charge in [-0.15, -0.1) is 0 Å². The normalized spacial score (nSPS) is 11.8. The van der Waals surface area contributed by atoms with Crippen molar-refractivity contribution in [2.45, 2.75) is 6.18 Å². The number of nitrogens with zero attached hydrogens (tertiary/aromatic N) is 1. The summed E-state index contributed by atoms with van der Waals surface area (Å²) < 4.78 is 36.4. The third-order valence-electron chi connectivity index (χ3n) is 1.26. The lowest BCUT2D eigenvalue weighted by Gasteiger charge is -2.08. The summed E-state index contributed by atoms with van der Waals surface area (Å²) in [5.41, 5.74) is 4.05. The number of hydrogen-bond acceptors (Lipinski definition) is 2. The van der Waals surface area contributed by atoms with E-state index >= 15 is 0 Å². The Morgan fingerprint density at radius 2 is 1.85 bits per heavy atom. The van der Waals surface area contributed by atoms with E-state index in [-0.39, 0.29) is 10.8 Å². The van der Waals surface area contributed by atoms with Crippen molar-refractivity contribution in [3.05, 3.63) is 21.8 Å². The van der Waals surface area contributed by atoms with Crippen LogP contribution >= 0.6 is 23.2 Å². The highest BCUT2D eigenvalue weighted by Gasteiger charge is 2.34. The Hall–Kier alpha value is -0.680. The molecule has 1 rings (SSSR count). The van der Waals surface area contributed by atoms with E-state index in [0.29, 0.717) is 6.07 Å². The highest BCUT2D eigenvalue weighted by atomic mass is 35.5. The molecule has 0 amide bonds. The van der Waals surface area contributed by atoms with Crippen LogP contribution in [0.25, 0.3) is 0 Å². The van der Waals surface area contributed by atoms with Gasteiger partial charge in [-0.25, -0.2) is 4.98 Å². The summed E-state index contributed by atoms with van der Waals surface area (Å²) in [6.45, 7) is 0. The van der Waals surface area contributed by atoms with Crippen molar-refractivity contribution in [2.75, 3.05) is 5.73 Å². The predicted octanol–water partition coefficient (Wildman–Crippen LogP) is 2.99. The van der Waals surface area contributed by atoms with Gasteiger partial charge in [-0.1, -0.05) is 23.2 Å². The molecule has 1 aromatic heterocycles. The quantitative estimate of drug-likeness (QED) is 0.697. The van der Waals surface area contributed by atoms with Gasteiger partial charge >= 0.3 is 6.18 Å². The summed E-state index contributed by atoms with van der Waals surface area (Å²) in [5, 5.41) is -0.967. The summed E-state index contributed by atoms with van der Waals surface area (Å²) in [7, 11) is 0. The highest BCUT2D eigenvalue weighted by Crippen LogP contribution is 2.36. The topological polar surface area (TPSA) is 38.9 Å². The monoisotopic (exact) mass is 230 g/mol. The van der Waals surface area contributed by atoms with Crippen LogP contribution in [0.4, 0.5) is 19.0 Å². The molecule has 0 spiro atoms. The van der Waals surface area contributed by atoms with Crippen molar-refractivity contribution in [1.82, 2.24) is 4.98 Å². The molecule has 0 fully saturated rings. The second-order valence-electron chi connectivity index (χ2n) is 2.19. The Labute approximate surface area is 81.5 Å². The summed E-state index contributed by atoms with van der Waals surface area (Å²) >= 11 is 10.6. The van der Waals surface area contributed by atoms with Gasteiger partial charge in [0.1, 0.15) is 11.0 Å². The van der Waals surface area contributed by atoms with Crippen LogP contribution < -0.4 is 5.73 Å². The fraction of sp³-hybridized carbons (Fsp3) is 0.167. The fourth-order valence-electron chi connectivity index (χ4n) is 0.678. The van der Waals surface area contributed by atoms with Crippen LogP contribution in [0.3, 0.4) is 0 Å². The zero-order chi connectivity index (χ0) is 10.2. The number of alkyl halides is 3. The Bertz CT molecular complexity index is 337. The first-order valence-electron chi connectivity index (χ1n) is 3.01. The Morgan fingerprint density at radius 3 is 2.31 bits per heavy atom. The van der Waals surface area contributed by atoms with E-state index in [1.807, 2.05) is 0 Å². The Kier molecular flexibility index (Phi) is 2.58. The molecule has 1 aromatic rings. The van der Waals surface area contributed by atoms with Gasteiger partial charge in [0.2, 0.25) is 0 Å². The number of hydrogen-bond donors (Lipinski definition) is 1. The smallest absolute Gasteiger partial charge is 0.382 e. The van der Waals surface area contributed by atoms with E-state index in [0.717, 1.165) is 0 Å². The number of pyridine rings is 1. The minimum Gasteiger partial charge on any atom is -0.382 e. The molecule has 13 heavy (non-hydrogen) atoms. The van der Waals surface area contributed by atoms with Gasteiger partial charge in [0.25, 0.3) is 0 Å². The first kappa shape index (κ1) is 10.4. The molecule has 72 valence electrons. The third kappa shape index (κ3) is 2.16. The molecule has 7 heteroatoms. The summed E-state index contributed by atoms with van der Waals surface area (Å²) in [6, 6.07) is 0.645. The Morgan fingerprint density at radius 1 is 1.31 bits per heavy atom. The van der Waals surface area contributed by atoms with Gasteiger partial charge in [-0.3, -0.25) is 0 Å². The largest absolute Gasteiger partial charge is 0.419 e. The lowest BCUT2D eigenvalue weighted by molar-refractivity contribution is -0.137. The molecule has 2 N–H and O–H groups in total. The molecule has 0 bridgehead atoms. The minimum absolute atomic E-state index is 0.223. The lowest BCUT2D eigenvalue weighted by Crippen LogP contribution is -2.08. The van der Waals surface area contributed by atoms with Crippen LogP contribution in [-0.2, 0) is 6.18 Å². The Balaban J connectivity index is 3.32. The maximum atomic E-state index is 12.1. The van der Waals surface area contributed by atoms with Crippen LogP contribution in [0.2, 0.25) is 10.2 Å². The molecule has 0 unspecified atom stereocenters. The van der Waals surface area contributed by atoms with E-state index in [2.05, 4.69) is 4.98 Å². The lowest BCUT2D eigenvalue weighted by atomic mass is 10.3. The van der Waals surface area contributed by atoms with Crippen molar-refractivity contribution in [1.29, 1.82) is 0 Å². The van der Waals surface area contributed by atoms with Crippen LogP contribution in [-0.4, -0.2) is 4.98 Å². The SMILES string of the molecule is Nc1nc(Cl)c(C(F)(F)F)cc1Cl. The number of halogens is 5. The van der Waals surface area contributed by atoms with E-state index in [1.165, 1.54) is 0 Å². The molecule has 0 atom stereocenters. The van der Waals surface area contributed by atoms with Gasteiger partial charge in [0.05, 0.1) is 10.6 Å². The van der Waals surface area contributed by atoms with Crippen molar-refractivity contribution in [3.8, 4) is 0 Å². The molecule has 0 aliphatic heterocycles. The fourth-order valence-corrected chi connectivity index (χ4v) is 1.08. The maximum Gasteiger partial charge on any atom is 0.419 e. The van der Waals surface area contributed by atoms with Crippen LogP contribution in [0.5, 0.6) is 0 Å². The standard InChI is InChI=1S/C6H3Cl2F3N2/c7-3-1-2(6(9,10)11)4(8)13-5(3)12/h1H,(H2,12,13).